The second-order valence-corrected chi connectivity index (χ2v) is 6.98. The number of nitrogens with zero attached hydrogens (tertiary/aromatic N) is 1. The van der Waals surface area contributed by atoms with Crippen molar-refractivity contribution in [3.8, 4) is 0 Å². The second-order valence-electron chi connectivity index (χ2n) is 6.98. The van der Waals surface area contributed by atoms with Crippen molar-refractivity contribution in [1.82, 2.24) is 10.2 Å². The van der Waals surface area contributed by atoms with Gasteiger partial charge >= 0.3 is 0 Å². The lowest BCUT2D eigenvalue weighted by Crippen LogP contribution is -2.45. The Kier molecular flexibility index (Phi) is 4.63. The van der Waals surface area contributed by atoms with E-state index in [2.05, 4.69) is 10.2 Å². The van der Waals surface area contributed by atoms with Crippen LogP contribution in [0.5, 0.6) is 0 Å². The Labute approximate surface area is 147 Å². The average Bonchev–Trinajstić information content (AvgIpc) is 3.37. The summed E-state index contributed by atoms with van der Waals surface area (Å²) in [6.45, 7) is 3.20. The van der Waals surface area contributed by atoms with E-state index < -0.39 is 0 Å². The summed E-state index contributed by atoms with van der Waals surface area (Å²) >= 11 is 0. The van der Waals surface area contributed by atoms with Gasteiger partial charge < -0.3 is 18.9 Å². The number of rotatable bonds is 5. The molecule has 0 radical (unpaired) electrons. The summed E-state index contributed by atoms with van der Waals surface area (Å²) in [6, 6.07) is 7.60. The van der Waals surface area contributed by atoms with Gasteiger partial charge in [-0.05, 0) is 49.9 Å². The topological polar surface area (TPSA) is 67.9 Å². The number of nitrogens with one attached hydrogen (secondary N) is 1. The van der Waals surface area contributed by atoms with Gasteiger partial charge in [-0.15, -0.1) is 0 Å². The highest BCUT2D eigenvalue weighted by Gasteiger charge is 2.44. The van der Waals surface area contributed by atoms with Crippen LogP contribution in [-0.2, 0) is 22.6 Å². The first-order valence-electron chi connectivity index (χ1n) is 8.95. The molecule has 25 heavy (non-hydrogen) atoms. The Bertz CT molecular complexity index is 672. The van der Waals surface area contributed by atoms with Crippen LogP contribution in [0.25, 0.3) is 0 Å². The minimum absolute atomic E-state index is 0.0358. The van der Waals surface area contributed by atoms with Crippen molar-refractivity contribution in [2.75, 3.05) is 13.1 Å². The molecule has 0 aromatic carbocycles. The zero-order valence-electron chi connectivity index (χ0n) is 14.3. The number of hydrogen-bond acceptors (Lipinski definition) is 5. The molecule has 2 aliphatic rings. The van der Waals surface area contributed by atoms with Crippen molar-refractivity contribution in [3.05, 3.63) is 48.3 Å². The Morgan fingerprint density at radius 2 is 1.84 bits per heavy atom. The van der Waals surface area contributed by atoms with Crippen molar-refractivity contribution < 1.29 is 18.4 Å². The molecule has 4 rings (SSSR count). The van der Waals surface area contributed by atoms with Crippen molar-refractivity contribution >= 4 is 5.91 Å². The van der Waals surface area contributed by atoms with E-state index in [1.165, 1.54) is 0 Å². The number of amides is 1. The summed E-state index contributed by atoms with van der Waals surface area (Å²) < 4.78 is 16.9. The van der Waals surface area contributed by atoms with Crippen LogP contribution in [-0.4, -0.2) is 35.6 Å². The summed E-state index contributed by atoms with van der Waals surface area (Å²) in [5.41, 5.74) is -0.133. The summed E-state index contributed by atoms with van der Waals surface area (Å²) in [4.78, 5) is 14.7. The van der Waals surface area contributed by atoms with E-state index in [4.69, 9.17) is 13.6 Å². The molecule has 2 aromatic heterocycles. The van der Waals surface area contributed by atoms with Gasteiger partial charge in [0, 0.05) is 13.1 Å². The molecule has 2 saturated heterocycles. The standard InChI is InChI=1S/C19H24N2O4/c22-18(20-13-15-3-1-11-23-15)17-5-6-19(25-17)7-9-21(10-8-19)14-16-4-2-12-24-16/h1-4,11-12,17H,5-10,13-14H2,(H,20,22)/t17-/m1/s1. The predicted octanol–water partition coefficient (Wildman–Crippen LogP) is 2.70. The van der Waals surface area contributed by atoms with E-state index in [1.807, 2.05) is 24.3 Å². The Morgan fingerprint density at radius 3 is 2.52 bits per heavy atom. The van der Waals surface area contributed by atoms with Gasteiger partial charge in [0.05, 0.1) is 31.2 Å². The van der Waals surface area contributed by atoms with Gasteiger partial charge in [0.1, 0.15) is 17.6 Å². The molecule has 1 spiro atoms. The van der Waals surface area contributed by atoms with Crippen molar-refractivity contribution in [2.45, 2.75) is 50.5 Å². The fourth-order valence-electron chi connectivity index (χ4n) is 3.81. The Morgan fingerprint density at radius 1 is 1.12 bits per heavy atom. The van der Waals surface area contributed by atoms with E-state index >= 15 is 0 Å². The van der Waals surface area contributed by atoms with Gasteiger partial charge in [-0.3, -0.25) is 9.69 Å². The fraction of sp³-hybridized carbons (Fsp3) is 0.526. The normalized spacial score (nSPS) is 23.1. The summed E-state index contributed by atoms with van der Waals surface area (Å²) in [5, 5.41) is 2.91. The van der Waals surface area contributed by atoms with Gasteiger partial charge in [-0.1, -0.05) is 0 Å². The Hall–Kier alpha value is -2.05. The van der Waals surface area contributed by atoms with Gasteiger partial charge in [0.15, 0.2) is 0 Å². The first-order chi connectivity index (χ1) is 12.2. The molecule has 4 heterocycles. The number of hydrogen-bond donors (Lipinski definition) is 1. The fourth-order valence-corrected chi connectivity index (χ4v) is 3.81. The zero-order valence-corrected chi connectivity index (χ0v) is 14.3. The number of furan rings is 2. The first kappa shape index (κ1) is 16.4. The van der Waals surface area contributed by atoms with Crippen LogP contribution in [0.1, 0.15) is 37.2 Å². The lowest BCUT2D eigenvalue weighted by molar-refractivity contribution is -0.141. The average molecular weight is 344 g/mol. The summed E-state index contributed by atoms with van der Waals surface area (Å²) in [5.74, 6) is 1.72. The van der Waals surface area contributed by atoms with E-state index in [-0.39, 0.29) is 17.6 Å². The van der Waals surface area contributed by atoms with Crippen LogP contribution in [0.2, 0.25) is 0 Å². The third kappa shape index (κ3) is 3.80. The largest absolute Gasteiger partial charge is 0.468 e. The predicted molar refractivity (Wildman–Crippen MR) is 90.6 cm³/mol. The molecule has 2 aromatic rings. The molecule has 2 aliphatic heterocycles. The monoisotopic (exact) mass is 344 g/mol. The second kappa shape index (κ2) is 7.06. The van der Waals surface area contributed by atoms with Crippen molar-refractivity contribution in [3.63, 3.8) is 0 Å². The van der Waals surface area contributed by atoms with Crippen molar-refractivity contribution in [2.24, 2.45) is 0 Å². The van der Waals surface area contributed by atoms with Gasteiger partial charge in [-0.2, -0.15) is 0 Å². The number of likely N-dealkylation sites (tertiary alicyclic amines) is 1. The molecule has 1 atom stereocenters. The van der Waals surface area contributed by atoms with Crippen LogP contribution >= 0.6 is 0 Å². The minimum Gasteiger partial charge on any atom is -0.468 e. The number of piperidine rings is 1. The quantitative estimate of drug-likeness (QED) is 0.903. The molecule has 6 nitrogen and oxygen atoms in total. The van der Waals surface area contributed by atoms with Crippen LogP contribution in [0.3, 0.4) is 0 Å². The highest BCUT2D eigenvalue weighted by Crippen LogP contribution is 2.39. The van der Waals surface area contributed by atoms with Gasteiger partial charge in [0.25, 0.3) is 0 Å². The van der Waals surface area contributed by atoms with E-state index in [9.17, 15) is 4.79 Å². The van der Waals surface area contributed by atoms with Gasteiger partial charge in [-0.25, -0.2) is 0 Å². The molecule has 0 aliphatic carbocycles. The molecule has 0 bridgehead atoms. The van der Waals surface area contributed by atoms with Gasteiger partial charge in [0.2, 0.25) is 5.91 Å². The van der Waals surface area contributed by atoms with Crippen molar-refractivity contribution in [1.29, 1.82) is 0 Å². The van der Waals surface area contributed by atoms with E-state index in [1.54, 1.807) is 12.5 Å². The minimum atomic E-state index is -0.341. The van der Waals surface area contributed by atoms with Crippen LogP contribution in [0.4, 0.5) is 0 Å². The maximum Gasteiger partial charge on any atom is 0.249 e. The summed E-state index contributed by atoms with van der Waals surface area (Å²) in [7, 11) is 0. The molecule has 1 N–H and O–H groups in total. The highest BCUT2D eigenvalue weighted by atomic mass is 16.5. The molecule has 0 saturated carbocycles. The maximum absolute atomic E-state index is 12.3. The van der Waals surface area contributed by atoms with Crippen LogP contribution in [0, 0.1) is 0 Å². The molecule has 134 valence electrons. The third-order valence-corrected chi connectivity index (χ3v) is 5.29. The summed E-state index contributed by atoms with van der Waals surface area (Å²) in [6.07, 6.45) is 6.67. The number of carbonyl (C=O) groups excluding carboxylic acids is 1. The van der Waals surface area contributed by atoms with Crippen LogP contribution < -0.4 is 5.32 Å². The lowest BCUT2D eigenvalue weighted by atomic mass is 9.88. The number of ether oxygens (including phenoxy) is 1. The van der Waals surface area contributed by atoms with E-state index in [0.717, 1.165) is 56.8 Å². The number of carbonyl (C=O) groups is 1. The molecule has 1 amide bonds. The SMILES string of the molecule is O=C(NCc1ccco1)[C@H]1CCC2(CCN(Cc3ccco3)CC2)O1. The third-order valence-electron chi connectivity index (χ3n) is 5.29. The molecule has 0 unspecified atom stereocenters. The smallest absolute Gasteiger partial charge is 0.249 e. The molecular formula is C19H24N2O4. The van der Waals surface area contributed by atoms with E-state index in [0.29, 0.717) is 6.54 Å². The molecular weight excluding hydrogens is 320 g/mol. The maximum atomic E-state index is 12.3. The lowest BCUT2D eigenvalue weighted by Gasteiger charge is -2.38. The first-order valence-corrected chi connectivity index (χ1v) is 8.95. The zero-order chi connectivity index (χ0) is 17.1. The highest BCUT2D eigenvalue weighted by molar-refractivity contribution is 5.81. The van der Waals surface area contributed by atoms with Crippen LogP contribution in [0.15, 0.2) is 45.6 Å². The Balaban J connectivity index is 1.25. The molecule has 2 fully saturated rings. The molecule has 6 heteroatoms.